The highest BCUT2D eigenvalue weighted by Crippen LogP contribution is 2.39. The van der Waals surface area contributed by atoms with Crippen LogP contribution in [0.1, 0.15) is 79.7 Å². The minimum Gasteiger partial charge on any atom is -0.508 e. The lowest BCUT2D eigenvalue weighted by molar-refractivity contribution is -0.171. The van der Waals surface area contributed by atoms with Gasteiger partial charge in [0.15, 0.2) is 0 Å². The van der Waals surface area contributed by atoms with Crippen LogP contribution in [0.2, 0.25) is 0 Å². The second kappa shape index (κ2) is 34.3. The molecule has 0 saturated carbocycles. The molecule has 0 radical (unpaired) electrons. The first-order valence-electron chi connectivity index (χ1n) is 32.7. The topological polar surface area (TPSA) is 385 Å². The summed E-state index contributed by atoms with van der Waals surface area (Å²) in [5.74, 6) is -12.6. The number of aliphatic hydroxyl groups is 1. The smallest absolute Gasteiger partial charge is 0.393 e. The minimum absolute atomic E-state index is 0.0161. The number of H-pyrrole nitrogens is 2. The van der Waals surface area contributed by atoms with Crippen LogP contribution in [0.3, 0.4) is 0 Å². The highest BCUT2D eigenvalue weighted by molar-refractivity contribution is 7.98. The van der Waals surface area contributed by atoms with E-state index < -0.39 is 170 Å². The molecular formula is C68H80F5N13O12S2. The van der Waals surface area contributed by atoms with Crippen LogP contribution < -0.4 is 48.7 Å². The first-order chi connectivity index (χ1) is 47.7. The van der Waals surface area contributed by atoms with Crippen molar-refractivity contribution in [2.45, 2.75) is 143 Å². The molecule has 32 heteroatoms. The molecule has 6 aromatic rings. The number of halogens is 5. The van der Waals surface area contributed by atoms with Crippen molar-refractivity contribution in [3.8, 4) is 5.75 Å². The Morgan fingerprint density at radius 2 is 1.33 bits per heavy atom. The summed E-state index contributed by atoms with van der Waals surface area (Å²) in [5, 5.41) is 39.4. The van der Waals surface area contributed by atoms with Gasteiger partial charge < -0.3 is 68.4 Å². The number of benzene rings is 4. The molecule has 4 aromatic carbocycles. The van der Waals surface area contributed by atoms with Gasteiger partial charge in [0.05, 0.1) is 30.7 Å². The van der Waals surface area contributed by atoms with Crippen molar-refractivity contribution >= 4 is 104 Å². The second-order valence-electron chi connectivity index (χ2n) is 25.2. The number of unbranched alkanes of at least 4 members (excludes halogenated alkanes) is 1. The molecule has 536 valence electrons. The minimum atomic E-state index is -5.06. The number of hydrogen-bond acceptors (Lipinski definition) is 16. The Morgan fingerprint density at radius 3 is 1.97 bits per heavy atom. The molecule has 3 aliphatic rings. The average Bonchev–Trinajstić information content (AvgIpc) is 1.62. The zero-order valence-corrected chi connectivity index (χ0v) is 56.1. The summed E-state index contributed by atoms with van der Waals surface area (Å²) in [6.07, 6.45) is -5.27. The SMILES string of the molecule is C[C@H](O)[C@@H]1NC(=O)[C@@H]2CC(C(F)(F)F)CN2[C@@H](Cc2c[nH]c3ccc(F)cc23)C(=O)NC(=O)[C@H](Cc2c[nH]c3ccc(F)cc23)NC(=O)CNC(=O)[C@H](CCCCN)NC(=O)CCSCc2cccc(c2)CSC[C@@H](C(N)=O)NC(=O)[C@@H]2CCCN2C(=O)[C@H](Cc2ccc(O)cc2)NC1=O. The molecule has 0 spiro atoms. The summed E-state index contributed by atoms with van der Waals surface area (Å²) < 4.78 is 75.5. The summed E-state index contributed by atoms with van der Waals surface area (Å²) in [7, 11) is 0. The molecule has 10 amide bonds. The van der Waals surface area contributed by atoms with Gasteiger partial charge in [-0.1, -0.05) is 36.4 Å². The lowest BCUT2D eigenvalue weighted by atomic mass is 10.00. The Balaban J connectivity index is 1.06. The Kier molecular flexibility index (Phi) is 25.8. The molecule has 10 atom stereocenters. The van der Waals surface area contributed by atoms with Crippen molar-refractivity contribution in [2.24, 2.45) is 17.4 Å². The average molecular weight is 1430 g/mol. The lowest BCUT2D eigenvalue weighted by Crippen LogP contribution is -2.62. The summed E-state index contributed by atoms with van der Waals surface area (Å²) in [4.78, 5) is 151. The Bertz CT molecular complexity index is 3970. The number of phenolic OH excluding ortho intramolecular Hbond substituents is 1. The number of nitrogens with zero attached hydrogens (tertiary/aromatic N) is 2. The van der Waals surface area contributed by atoms with E-state index in [4.69, 9.17) is 11.5 Å². The molecular weight excluding hydrogens is 1350 g/mol. The highest BCUT2D eigenvalue weighted by atomic mass is 32.2. The zero-order valence-electron chi connectivity index (χ0n) is 54.5. The number of nitrogens with one attached hydrogen (secondary N) is 9. The second-order valence-corrected chi connectivity index (χ2v) is 27.3. The van der Waals surface area contributed by atoms with Crippen molar-refractivity contribution in [2.75, 3.05) is 37.7 Å². The quantitative estimate of drug-likeness (QED) is 0.0476. The van der Waals surface area contributed by atoms with E-state index in [1.54, 1.807) is 0 Å². The van der Waals surface area contributed by atoms with Gasteiger partial charge in [0, 0.05) is 89.6 Å². The summed E-state index contributed by atoms with van der Waals surface area (Å²) in [6.45, 7) is -0.569. The molecule has 1 unspecified atom stereocenters. The van der Waals surface area contributed by atoms with Gasteiger partial charge in [0.1, 0.15) is 53.6 Å². The van der Waals surface area contributed by atoms with Crippen LogP contribution in [0, 0.1) is 17.6 Å². The molecule has 100 heavy (non-hydrogen) atoms. The fourth-order valence-corrected chi connectivity index (χ4v) is 14.5. The number of hydrogen-bond donors (Lipinski definition) is 13. The van der Waals surface area contributed by atoms with Gasteiger partial charge in [0.2, 0.25) is 59.1 Å². The number of carbonyl (C=O) groups is 10. The van der Waals surface area contributed by atoms with E-state index in [2.05, 4.69) is 47.2 Å². The van der Waals surface area contributed by atoms with Crippen LogP contribution in [-0.2, 0) is 78.7 Å². The van der Waals surface area contributed by atoms with E-state index in [0.717, 1.165) is 41.1 Å². The lowest BCUT2D eigenvalue weighted by Gasteiger charge is -2.33. The van der Waals surface area contributed by atoms with Crippen molar-refractivity contribution in [3.05, 3.63) is 137 Å². The highest BCUT2D eigenvalue weighted by Gasteiger charge is 2.53. The fraction of sp³-hybridized carbons (Fsp3) is 0.441. The maximum atomic E-state index is 15.2. The first-order valence-corrected chi connectivity index (χ1v) is 35.0. The van der Waals surface area contributed by atoms with Gasteiger partial charge in [-0.25, -0.2) is 8.78 Å². The maximum absolute atomic E-state index is 15.2. The predicted molar refractivity (Wildman–Crippen MR) is 362 cm³/mol. The molecule has 0 aliphatic carbocycles. The molecule has 25 nitrogen and oxygen atoms in total. The molecule has 9 rings (SSSR count). The number of rotatable bonds is 12. The van der Waals surface area contributed by atoms with Crippen molar-refractivity contribution in [1.29, 1.82) is 0 Å². The number of alkyl halides is 3. The van der Waals surface area contributed by atoms with Gasteiger partial charge in [-0.05, 0) is 135 Å². The van der Waals surface area contributed by atoms with Crippen LogP contribution in [-0.4, -0.2) is 187 Å². The van der Waals surface area contributed by atoms with Gasteiger partial charge in [-0.15, -0.1) is 0 Å². The number of aromatic amines is 2. The number of nitrogens with two attached hydrogens (primary N) is 2. The van der Waals surface area contributed by atoms with E-state index in [-0.39, 0.29) is 78.6 Å². The summed E-state index contributed by atoms with van der Waals surface area (Å²) in [6, 6.07) is 7.37. The Hall–Kier alpha value is -9.11. The molecule has 2 bridgehead atoms. The van der Waals surface area contributed by atoms with Gasteiger partial charge in [-0.3, -0.25) is 58.2 Å². The number of phenols is 1. The van der Waals surface area contributed by atoms with Crippen molar-refractivity contribution in [3.63, 3.8) is 0 Å². The Morgan fingerprint density at radius 1 is 0.690 bits per heavy atom. The van der Waals surface area contributed by atoms with E-state index in [1.807, 2.05) is 24.3 Å². The Labute approximate surface area is 579 Å². The third kappa shape index (κ3) is 19.9. The molecule has 15 N–H and O–H groups in total. The number of primary amides is 1. The molecule has 2 aromatic heterocycles. The standard InChI is InChI=1S/C68H80F5N13O12S2/c1-36(87)59-66(97)81-52(23-37-10-14-45(88)15-11-37)67(98)85-20-5-9-54(85)63(94)82-53(60(75)91)35-100-34-39-7-4-6-38(22-39)33-99-21-18-57(89)79-50(8-2-3-19-74)61(92)78-31-58(90)80-51(24-40-29-76-48-16-12-43(69)27-46(40)48)62(93)84-65(96)55(25-41-30-77-49-17-13-44(70)28-47(41)49)86-32-42(68(71,72)73)26-56(86)64(95)83-59/h4,6-7,10-17,22,27-30,36,42,50-56,59,76-77,87-88H,2-3,5,8-9,18-21,23-26,31-35,74H2,1H3,(H2,75,91)(H,78,92)(H,79,89)(H,80,90)(H,81,97)(H,82,94)(H,83,95)(H,84,93,96)/t36-,42?,50-,51-,52-,53-,54-,55-,56-,59-/m0/s1. The van der Waals surface area contributed by atoms with Crippen molar-refractivity contribution in [1.82, 2.24) is 57.0 Å². The largest absolute Gasteiger partial charge is 0.508 e. The number of amides is 10. The third-order valence-electron chi connectivity index (χ3n) is 17.9. The first kappa shape index (κ1) is 75.1. The van der Waals surface area contributed by atoms with Gasteiger partial charge >= 0.3 is 6.18 Å². The van der Waals surface area contributed by atoms with E-state index in [1.165, 1.54) is 83.3 Å². The number of aromatic nitrogens is 2. The monoisotopic (exact) mass is 1430 g/mol. The van der Waals surface area contributed by atoms with Crippen LogP contribution in [0.5, 0.6) is 5.75 Å². The number of imide groups is 1. The summed E-state index contributed by atoms with van der Waals surface area (Å²) >= 11 is 2.74. The normalized spacial score (nSPS) is 24.2. The molecule has 2 saturated heterocycles. The van der Waals surface area contributed by atoms with Crippen LogP contribution in [0.4, 0.5) is 22.0 Å². The molecule has 3 aliphatic heterocycles. The van der Waals surface area contributed by atoms with Crippen molar-refractivity contribution < 1.29 is 80.1 Å². The number of carbonyl (C=O) groups excluding carboxylic acids is 10. The number of aromatic hydroxyl groups is 1. The van der Waals surface area contributed by atoms with Crippen LogP contribution >= 0.6 is 23.5 Å². The fourth-order valence-electron chi connectivity index (χ4n) is 12.6. The molecule has 2 fully saturated rings. The van der Waals surface area contributed by atoms with E-state index in [0.29, 0.717) is 46.7 Å². The van der Waals surface area contributed by atoms with Gasteiger partial charge in [-0.2, -0.15) is 36.7 Å². The zero-order chi connectivity index (χ0) is 71.9. The van der Waals surface area contributed by atoms with Crippen LogP contribution in [0.25, 0.3) is 21.8 Å². The third-order valence-corrected chi connectivity index (χ3v) is 20.0. The predicted octanol–water partition coefficient (Wildman–Crippen LogP) is 3.02. The van der Waals surface area contributed by atoms with Gasteiger partial charge in [0.25, 0.3) is 0 Å². The van der Waals surface area contributed by atoms with E-state index in [9.17, 15) is 57.8 Å². The number of aliphatic hydroxyl groups excluding tert-OH is 1. The van der Waals surface area contributed by atoms with E-state index >= 15 is 22.4 Å². The number of fused-ring (bicyclic) bond motifs is 6. The van der Waals surface area contributed by atoms with Crippen LogP contribution in [0.15, 0.2) is 97.3 Å². The molecule has 5 heterocycles. The number of thioether (sulfide) groups is 2. The maximum Gasteiger partial charge on any atom is 0.393 e. The summed E-state index contributed by atoms with van der Waals surface area (Å²) in [5.41, 5.74) is 14.8.